The number of carbonyl (C=O) groups is 1. The third-order valence-electron chi connectivity index (χ3n) is 3.14. The number of ether oxygens (including phenoxy) is 1. The van der Waals surface area contributed by atoms with Crippen molar-refractivity contribution in [3.8, 4) is 0 Å². The van der Waals surface area contributed by atoms with Crippen LogP contribution in [0, 0.1) is 11.8 Å². The maximum atomic E-state index is 11.7. The summed E-state index contributed by atoms with van der Waals surface area (Å²) in [6, 6.07) is 0. The van der Waals surface area contributed by atoms with Gasteiger partial charge in [0.05, 0.1) is 0 Å². The molecule has 0 aromatic carbocycles. The van der Waals surface area contributed by atoms with Crippen molar-refractivity contribution in [2.75, 3.05) is 13.1 Å². The van der Waals surface area contributed by atoms with Crippen LogP contribution in [0.5, 0.6) is 0 Å². The smallest absolute Gasteiger partial charge is 0.410 e. The van der Waals surface area contributed by atoms with Crippen molar-refractivity contribution in [3.05, 3.63) is 0 Å². The summed E-state index contributed by atoms with van der Waals surface area (Å²) in [5.74, 6) is 1.17. The summed E-state index contributed by atoms with van der Waals surface area (Å²) >= 11 is 0. The first kappa shape index (κ1) is 21.6. The SMILES string of the molecule is CC.CC1CN(C(=O)OC(C)(C)C)CC1C.CCCC. The molecule has 1 amide bonds. The second-order valence-electron chi connectivity index (χ2n) is 6.34. The van der Waals surface area contributed by atoms with Crippen LogP contribution in [0.25, 0.3) is 0 Å². The van der Waals surface area contributed by atoms with Gasteiger partial charge in [-0.2, -0.15) is 0 Å². The lowest BCUT2D eigenvalue weighted by atomic mass is 10.0. The molecule has 1 rings (SSSR count). The lowest BCUT2D eigenvalue weighted by Gasteiger charge is -2.24. The fraction of sp³-hybridized carbons (Fsp3) is 0.941. The van der Waals surface area contributed by atoms with E-state index in [-0.39, 0.29) is 11.7 Å². The molecule has 0 bridgehead atoms. The van der Waals surface area contributed by atoms with E-state index in [1.807, 2.05) is 34.6 Å². The molecule has 1 aliphatic rings. The molecule has 2 unspecified atom stereocenters. The first-order valence-electron chi connectivity index (χ1n) is 8.19. The maximum absolute atomic E-state index is 11.7. The lowest BCUT2D eigenvalue weighted by molar-refractivity contribution is 0.0285. The molecule has 0 saturated carbocycles. The summed E-state index contributed by atoms with van der Waals surface area (Å²) in [6.45, 7) is 20.1. The van der Waals surface area contributed by atoms with Gasteiger partial charge in [-0.15, -0.1) is 0 Å². The predicted molar refractivity (Wildman–Crippen MR) is 88.1 cm³/mol. The minimum Gasteiger partial charge on any atom is -0.444 e. The Hall–Kier alpha value is -0.730. The van der Waals surface area contributed by atoms with Crippen molar-refractivity contribution in [1.29, 1.82) is 0 Å². The zero-order chi connectivity index (χ0) is 16.3. The van der Waals surface area contributed by atoms with E-state index in [2.05, 4.69) is 27.7 Å². The number of hydrogen-bond donors (Lipinski definition) is 0. The quantitative estimate of drug-likeness (QED) is 0.651. The molecular formula is C17H37NO2. The Bertz CT molecular complexity index is 234. The number of hydrogen-bond acceptors (Lipinski definition) is 2. The first-order chi connectivity index (χ1) is 9.21. The fourth-order valence-corrected chi connectivity index (χ4v) is 1.61. The molecule has 122 valence electrons. The summed E-state index contributed by atoms with van der Waals surface area (Å²) in [4.78, 5) is 13.5. The highest BCUT2D eigenvalue weighted by Gasteiger charge is 2.31. The van der Waals surface area contributed by atoms with Crippen LogP contribution in [0.1, 0.15) is 75.2 Å². The van der Waals surface area contributed by atoms with Gasteiger partial charge in [-0.25, -0.2) is 4.79 Å². The van der Waals surface area contributed by atoms with E-state index >= 15 is 0 Å². The Kier molecular flexibility index (Phi) is 11.8. The van der Waals surface area contributed by atoms with Gasteiger partial charge in [-0.3, -0.25) is 0 Å². The van der Waals surface area contributed by atoms with Crippen molar-refractivity contribution in [2.24, 2.45) is 11.8 Å². The number of amides is 1. The average molecular weight is 287 g/mol. The van der Waals surface area contributed by atoms with Crippen molar-refractivity contribution in [3.63, 3.8) is 0 Å². The summed E-state index contributed by atoms with van der Waals surface area (Å²) < 4.78 is 5.31. The van der Waals surface area contributed by atoms with E-state index in [1.54, 1.807) is 4.90 Å². The van der Waals surface area contributed by atoms with E-state index in [0.29, 0.717) is 11.8 Å². The Morgan fingerprint density at radius 3 is 1.65 bits per heavy atom. The van der Waals surface area contributed by atoms with Gasteiger partial charge < -0.3 is 9.64 Å². The second-order valence-corrected chi connectivity index (χ2v) is 6.34. The number of carbonyl (C=O) groups excluding carboxylic acids is 1. The van der Waals surface area contributed by atoms with Gasteiger partial charge in [0.25, 0.3) is 0 Å². The summed E-state index contributed by atoms with van der Waals surface area (Å²) in [6.07, 6.45) is 2.47. The van der Waals surface area contributed by atoms with Crippen LogP contribution < -0.4 is 0 Å². The highest BCUT2D eigenvalue weighted by Crippen LogP contribution is 2.23. The van der Waals surface area contributed by atoms with Gasteiger partial charge in [0.15, 0.2) is 0 Å². The van der Waals surface area contributed by atoms with Crippen LogP contribution >= 0.6 is 0 Å². The van der Waals surface area contributed by atoms with Gasteiger partial charge in [-0.05, 0) is 32.6 Å². The normalized spacial score (nSPS) is 21.4. The topological polar surface area (TPSA) is 29.5 Å². The monoisotopic (exact) mass is 287 g/mol. The molecule has 0 aliphatic carbocycles. The molecule has 3 heteroatoms. The summed E-state index contributed by atoms with van der Waals surface area (Å²) in [5.41, 5.74) is -0.383. The zero-order valence-electron chi connectivity index (χ0n) is 15.2. The fourth-order valence-electron chi connectivity index (χ4n) is 1.61. The van der Waals surface area contributed by atoms with E-state index < -0.39 is 0 Å². The van der Waals surface area contributed by atoms with E-state index in [1.165, 1.54) is 12.8 Å². The number of likely N-dealkylation sites (tertiary alicyclic amines) is 1. The third kappa shape index (κ3) is 10.1. The van der Waals surface area contributed by atoms with Gasteiger partial charge in [0.1, 0.15) is 5.60 Å². The van der Waals surface area contributed by atoms with E-state index in [4.69, 9.17) is 4.74 Å². The van der Waals surface area contributed by atoms with E-state index in [9.17, 15) is 4.79 Å². The molecule has 0 radical (unpaired) electrons. The van der Waals surface area contributed by atoms with Crippen molar-refractivity contribution in [1.82, 2.24) is 4.90 Å². The average Bonchev–Trinajstić information content (AvgIpc) is 2.71. The van der Waals surface area contributed by atoms with Crippen LogP contribution in [-0.2, 0) is 4.74 Å². The van der Waals surface area contributed by atoms with Crippen LogP contribution in [-0.4, -0.2) is 29.7 Å². The number of unbranched alkanes of at least 4 members (excludes halogenated alkanes) is 1. The molecule has 0 spiro atoms. The van der Waals surface area contributed by atoms with Gasteiger partial charge in [0, 0.05) is 13.1 Å². The molecule has 0 aromatic heterocycles. The van der Waals surface area contributed by atoms with Crippen LogP contribution in [0.15, 0.2) is 0 Å². The maximum Gasteiger partial charge on any atom is 0.410 e. The van der Waals surface area contributed by atoms with Crippen molar-refractivity contribution >= 4 is 6.09 Å². The predicted octanol–water partition coefficient (Wildman–Crippen LogP) is 5.34. The molecule has 2 atom stereocenters. The first-order valence-corrected chi connectivity index (χ1v) is 8.19. The number of rotatable bonds is 1. The lowest BCUT2D eigenvalue weighted by Crippen LogP contribution is -2.35. The van der Waals surface area contributed by atoms with Gasteiger partial charge in [-0.1, -0.05) is 54.4 Å². The summed E-state index contributed by atoms with van der Waals surface area (Å²) in [5, 5.41) is 0. The Morgan fingerprint density at radius 1 is 1.05 bits per heavy atom. The highest BCUT2D eigenvalue weighted by molar-refractivity contribution is 5.68. The molecular weight excluding hydrogens is 250 g/mol. The highest BCUT2D eigenvalue weighted by atomic mass is 16.6. The van der Waals surface area contributed by atoms with Crippen LogP contribution in [0.2, 0.25) is 0 Å². The minimum absolute atomic E-state index is 0.172. The molecule has 1 fully saturated rings. The van der Waals surface area contributed by atoms with E-state index in [0.717, 1.165) is 13.1 Å². The van der Waals surface area contributed by atoms with Gasteiger partial charge >= 0.3 is 6.09 Å². The Balaban J connectivity index is 0. The van der Waals surface area contributed by atoms with Crippen LogP contribution in [0.4, 0.5) is 4.79 Å². The molecule has 3 nitrogen and oxygen atoms in total. The Labute approximate surface area is 127 Å². The molecule has 20 heavy (non-hydrogen) atoms. The number of nitrogens with zero attached hydrogens (tertiary/aromatic N) is 1. The largest absolute Gasteiger partial charge is 0.444 e. The molecule has 1 heterocycles. The van der Waals surface area contributed by atoms with Gasteiger partial charge in [0.2, 0.25) is 0 Å². The molecule has 0 N–H and O–H groups in total. The summed E-state index contributed by atoms with van der Waals surface area (Å²) in [7, 11) is 0. The third-order valence-corrected chi connectivity index (χ3v) is 3.14. The molecule has 0 aromatic rings. The zero-order valence-corrected chi connectivity index (χ0v) is 15.2. The minimum atomic E-state index is -0.383. The van der Waals surface area contributed by atoms with Crippen LogP contribution in [0.3, 0.4) is 0 Å². The molecule has 1 aliphatic heterocycles. The van der Waals surface area contributed by atoms with Crippen molar-refractivity contribution < 1.29 is 9.53 Å². The Morgan fingerprint density at radius 2 is 1.40 bits per heavy atom. The standard InChI is InChI=1S/C11H21NO2.C4H10.C2H6/c1-8-6-12(7-9(8)2)10(13)14-11(3,4)5;1-3-4-2;1-2/h8-9H,6-7H2,1-5H3;3-4H2,1-2H3;1-2H3. The second kappa shape index (κ2) is 11.0. The molecule has 1 saturated heterocycles. The van der Waals surface area contributed by atoms with Crippen molar-refractivity contribution in [2.45, 2.75) is 80.8 Å².